The van der Waals surface area contributed by atoms with Crippen LogP contribution in [0.5, 0.6) is 0 Å². The van der Waals surface area contributed by atoms with Gasteiger partial charge >= 0.3 is 0 Å². The molecule has 1 aliphatic rings. The van der Waals surface area contributed by atoms with E-state index in [2.05, 4.69) is 0 Å². The van der Waals surface area contributed by atoms with Gasteiger partial charge in [0, 0.05) is 16.4 Å². The van der Waals surface area contributed by atoms with E-state index in [4.69, 9.17) is 11.6 Å². The van der Waals surface area contributed by atoms with Gasteiger partial charge in [-0.15, -0.1) is 11.3 Å². The van der Waals surface area contributed by atoms with Crippen molar-refractivity contribution >= 4 is 33.0 Å². The molecule has 0 unspecified atom stereocenters. The third-order valence-corrected chi connectivity index (χ3v) is 6.59. The smallest absolute Gasteiger partial charge is 0.207 e. The van der Waals surface area contributed by atoms with E-state index in [9.17, 15) is 8.42 Å². The van der Waals surface area contributed by atoms with Gasteiger partial charge in [-0.05, 0) is 42.5 Å². The summed E-state index contributed by atoms with van der Waals surface area (Å²) < 4.78 is 27.1. The Morgan fingerprint density at radius 1 is 1.25 bits per heavy atom. The van der Waals surface area contributed by atoms with Gasteiger partial charge in [-0.25, -0.2) is 8.42 Å². The lowest BCUT2D eigenvalue weighted by atomic mass is 10.2. The normalized spacial score (nSPS) is 20.4. The molecule has 1 aliphatic heterocycles. The van der Waals surface area contributed by atoms with Crippen LogP contribution >= 0.6 is 22.9 Å². The number of hydrogen-bond acceptors (Lipinski definition) is 3. The summed E-state index contributed by atoms with van der Waals surface area (Å²) >= 11 is 7.52. The molecule has 0 radical (unpaired) electrons. The van der Waals surface area contributed by atoms with E-state index < -0.39 is 10.0 Å². The first-order valence-corrected chi connectivity index (χ1v) is 9.09. The molecular weight excluding hydrogens is 314 g/mol. The first kappa shape index (κ1) is 14.1. The molecule has 0 spiro atoms. The monoisotopic (exact) mass is 327 g/mol. The molecule has 1 aromatic carbocycles. The second-order valence-corrected chi connectivity index (χ2v) is 8.05. The average molecular weight is 328 g/mol. The van der Waals surface area contributed by atoms with Gasteiger partial charge in [-0.1, -0.05) is 23.7 Å². The predicted octanol–water partition coefficient (Wildman–Crippen LogP) is 3.93. The van der Waals surface area contributed by atoms with Crippen LogP contribution in [-0.2, 0) is 10.0 Å². The molecule has 2 aromatic rings. The van der Waals surface area contributed by atoms with Crippen molar-refractivity contribution in [1.82, 2.24) is 4.31 Å². The Morgan fingerprint density at radius 3 is 2.80 bits per heavy atom. The van der Waals surface area contributed by atoms with Crippen LogP contribution < -0.4 is 0 Å². The van der Waals surface area contributed by atoms with Crippen LogP contribution in [-0.4, -0.2) is 19.3 Å². The minimum Gasteiger partial charge on any atom is -0.207 e. The van der Waals surface area contributed by atoms with Gasteiger partial charge in [0.2, 0.25) is 10.0 Å². The largest absolute Gasteiger partial charge is 0.243 e. The molecule has 106 valence electrons. The fraction of sp³-hybridized carbons (Fsp3) is 0.286. The molecule has 3 nitrogen and oxygen atoms in total. The molecular formula is C14H14ClNO2S2. The highest BCUT2D eigenvalue weighted by atomic mass is 35.5. The van der Waals surface area contributed by atoms with E-state index in [0.717, 1.165) is 17.7 Å². The fourth-order valence-corrected chi connectivity index (χ4v) is 5.47. The third-order valence-electron chi connectivity index (χ3n) is 3.48. The van der Waals surface area contributed by atoms with Crippen LogP contribution in [0.1, 0.15) is 23.8 Å². The molecule has 0 N–H and O–H groups in total. The van der Waals surface area contributed by atoms with E-state index in [1.807, 2.05) is 17.5 Å². The van der Waals surface area contributed by atoms with E-state index in [1.54, 1.807) is 33.8 Å². The van der Waals surface area contributed by atoms with Gasteiger partial charge in [-0.2, -0.15) is 4.31 Å². The average Bonchev–Trinajstić information content (AvgIpc) is 3.09. The number of sulfonamides is 1. The van der Waals surface area contributed by atoms with Crippen LogP contribution in [0, 0.1) is 0 Å². The van der Waals surface area contributed by atoms with E-state index in [-0.39, 0.29) is 10.9 Å². The summed E-state index contributed by atoms with van der Waals surface area (Å²) in [6.45, 7) is 0.567. The number of halogens is 1. The van der Waals surface area contributed by atoms with Crippen molar-refractivity contribution in [2.24, 2.45) is 0 Å². The summed E-state index contributed by atoms with van der Waals surface area (Å²) in [7, 11) is -3.48. The first-order chi connectivity index (χ1) is 9.59. The molecule has 2 heterocycles. The van der Waals surface area contributed by atoms with Gasteiger partial charge < -0.3 is 0 Å². The highest BCUT2D eigenvalue weighted by molar-refractivity contribution is 7.89. The summed E-state index contributed by atoms with van der Waals surface area (Å²) in [5.74, 6) is 0. The summed E-state index contributed by atoms with van der Waals surface area (Å²) in [6, 6.07) is 10.4. The molecule has 1 fully saturated rings. The third kappa shape index (κ3) is 2.51. The molecule has 1 aromatic heterocycles. The molecule has 0 amide bonds. The Kier molecular flexibility index (Phi) is 3.86. The number of hydrogen-bond donors (Lipinski definition) is 0. The maximum absolute atomic E-state index is 12.8. The summed E-state index contributed by atoms with van der Waals surface area (Å²) in [6.07, 6.45) is 1.77. The van der Waals surface area contributed by atoms with Crippen LogP contribution in [0.4, 0.5) is 0 Å². The van der Waals surface area contributed by atoms with Crippen molar-refractivity contribution in [1.29, 1.82) is 0 Å². The topological polar surface area (TPSA) is 37.4 Å². The molecule has 3 rings (SSSR count). The minimum absolute atomic E-state index is 0.0426. The first-order valence-electron chi connectivity index (χ1n) is 6.40. The zero-order chi connectivity index (χ0) is 14.2. The minimum atomic E-state index is -3.48. The van der Waals surface area contributed by atoms with Crippen molar-refractivity contribution in [2.45, 2.75) is 23.8 Å². The molecule has 20 heavy (non-hydrogen) atoms. The Labute approximate surface area is 127 Å². The SMILES string of the molecule is O=S(=O)(c1cccc(Cl)c1)N1CCC[C@H]1c1cccs1. The van der Waals surface area contributed by atoms with Crippen LogP contribution in [0.25, 0.3) is 0 Å². The maximum Gasteiger partial charge on any atom is 0.243 e. The molecule has 1 saturated heterocycles. The molecule has 0 aliphatic carbocycles. The summed E-state index contributed by atoms with van der Waals surface area (Å²) in [4.78, 5) is 1.38. The molecule has 0 bridgehead atoms. The van der Waals surface area contributed by atoms with Crippen molar-refractivity contribution in [3.05, 3.63) is 51.7 Å². The Hall–Kier alpha value is -0.880. The van der Waals surface area contributed by atoms with Crippen molar-refractivity contribution in [2.75, 3.05) is 6.54 Å². The molecule has 0 saturated carbocycles. The summed E-state index contributed by atoms with van der Waals surface area (Å²) in [5.41, 5.74) is 0. The van der Waals surface area contributed by atoms with Crippen LogP contribution in [0.3, 0.4) is 0 Å². The highest BCUT2D eigenvalue weighted by Crippen LogP contribution is 2.38. The lowest BCUT2D eigenvalue weighted by molar-refractivity contribution is 0.401. The highest BCUT2D eigenvalue weighted by Gasteiger charge is 2.36. The van der Waals surface area contributed by atoms with E-state index in [0.29, 0.717) is 11.6 Å². The number of thiophene rings is 1. The Morgan fingerprint density at radius 2 is 2.10 bits per heavy atom. The second-order valence-electron chi connectivity index (χ2n) is 4.75. The van der Waals surface area contributed by atoms with Gasteiger partial charge in [0.25, 0.3) is 0 Å². The maximum atomic E-state index is 12.8. The molecule has 6 heteroatoms. The number of benzene rings is 1. The van der Waals surface area contributed by atoms with Crippen molar-refractivity contribution < 1.29 is 8.42 Å². The molecule has 1 atom stereocenters. The predicted molar refractivity (Wildman–Crippen MR) is 81.6 cm³/mol. The van der Waals surface area contributed by atoms with Gasteiger partial charge in [0.15, 0.2) is 0 Å². The van der Waals surface area contributed by atoms with E-state index in [1.165, 1.54) is 6.07 Å². The number of rotatable bonds is 3. The zero-order valence-electron chi connectivity index (χ0n) is 10.7. The summed E-state index contributed by atoms with van der Waals surface area (Å²) in [5, 5.41) is 2.43. The van der Waals surface area contributed by atoms with Crippen molar-refractivity contribution in [3.8, 4) is 0 Å². The standard InChI is InChI=1S/C14H14ClNO2S2/c15-11-4-1-5-12(10-11)20(17,18)16-8-2-6-13(16)14-7-3-9-19-14/h1,3-5,7,9-10,13H,2,6,8H2/t13-/m0/s1. The van der Waals surface area contributed by atoms with Crippen LogP contribution in [0.2, 0.25) is 5.02 Å². The van der Waals surface area contributed by atoms with Crippen LogP contribution in [0.15, 0.2) is 46.7 Å². The van der Waals surface area contributed by atoms with Crippen molar-refractivity contribution in [3.63, 3.8) is 0 Å². The number of nitrogens with zero attached hydrogens (tertiary/aromatic N) is 1. The van der Waals surface area contributed by atoms with Gasteiger partial charge in [-0.3, -0.25) is 0 Å². The van der Waals surface area contributed by atoms with Gasteiger partial charge in [0.05, 0.1) is 10.9 Å². The fourth-order valence-electron chi connectivity index (χ4n) is 2.56. The van der Waals surface area contributed by atoms with E-state index >= 15 is 0 Å². The second kappa shape index (κ2) is 5.48. The lowest BCUT2D eigenvalue weighted by Crippen LogP contribution is -2.30. The zero-order valence-corrected chi connectivity index (χ0v) is 13.1. The van der Waals surface area contributed by atoms with Gasteiger partial charge in [0.1, 0.15) is 0 Å². The lowest BCUT2D eigenvalue weighted by Gasteiger charge is -2.23. The Balaban J connectivity index is 1.98. The quantitative estimate of drug-likeness (QED) is 0.856. The Bertz CT molecular complexity index is 698.